The van der Waals surface area contributed by atoms with Gasteiger partial charge in [-0.05, 0) is 60.9 Å². The molecular formula is C19H17FN2S2. The minimum absolute atomic E-state index is 0.0978. The number of nitrogens with two attached hydrogens (primary N) is 1. The van der Waals surface area contributed by atoms with E-state index in [0.29, 0.717) is 5.57 Å². The molecule has 0 radical (unpaired) electrons. The lowest BCUT2D eigenvalue weighted by Crippen LogP contribution is -2.10. The maximum Gasteiger partial charge on any atom is 0.123 e. The molecule has 2 aromatic rings. The van der Waals surface area contributed by atoms with Gasteiger partial charge in [0.05, 0.1) is 5.57 Å². The summed E-state index contributed by atoms with van der Waals surface area (Å²) < 4.78 is 13.0. The van der Waals surface area contributed by atoms with Crippen LogP contribution >= 0.6 is 24.0 Å². The second-order valence-electron chi connectivity index (χ2n) is 5.41. The molecule has 0 bridgehead atoms. The van der Waals surface area contributed by atoms with Crippen molar-refractivity contribution in [2.45, 2.75) is 24.5 Å². The van der Waals surface area contributed by atoms with Gasteiger partial charge in [0.2, 0.25) is 0 Å². The molecular weight excluding hydrogens is 339 g/mol. The zero-order chi connectivity index (χ0) is 17.7. The summed E-state index contributed by atoms with van der Waals surface area (Å²) in [5, 5.41) is 9.14. The fourth-order valence-electron chi connectivity index (χ4n) is 2.27. The van der Waals surface area contributed by atoms with Crippen molar-refractivity contribution in [3.63, 3.8) is 0 Å². The van der Waals surface area contributed by atoms with Crippen LogP contribution < -0.4 is 5.73 Å². The van der Waals surface area contributed by atoms with Gasteiger partial charge in [0.1, 0.15) is 16.9 Å². The first-order valence-corrected chi connectivity index (χ1v) is 8.70. The Labute approximate surface area is 151 Å². The van der Waals surface area contributed by atoms with Crippen molar-refractivity contribution in [2.75, 3.05) is 0 Å². The molecule has 0 heterocycles. The molecule has 0 saturated carbocycles. The predicted octanol–water partition coefficient (Wildman–Crippen LogP) is 4.93. The Hall–Kier alpha value is -2.16. The molecule has 0 aliphatic carbocycles. The van der Waals surface area contributed by atoms with Gasteiger partial charge in [0, 0.05) is 10.6 Å². The minimum atomic E-state index is -0.236. The number of hydrogen-bond acceptors (Lipinski definition) is 3. The highest BCUT2D eigenvalue weighted by atomic mass is 32.2. The standard InChI is InChI=1S/C19H17FN2S2/c1-12-7-14(9-15(10-21)19(22)23)13(2)16(8-12)11-24-18-5-3-17(20)4-6-18/h3-9H,11H2,1-2H3,(H2,22,23)/b15-9+. The smallest absolute Gasteiger partial charge is 0.123 e. The van der Waals surface area contributed by atoms with E-state index in [4.69, 9.17) is 23.2 Å². The summed E-state index contributed by atoms with van der Waals surface area (Å²) in [7, 11) is 0. The Morgan fingerprint density at radius 3 is 2.54 bits per heavy atom. The largest absolute Gasteiger partial charge is 0.389 e. The number of nitriles is 1. The van der Waals surface area contributed by atoms with Crippen LogP contribution in [0.25, 0.3) is 6.08 Å². The third kappa shape index (κ3) is 4.67. The first-order valence-electron chi connectivity index (χ1n) is 7.31. The highest BCUT2D eigenvalue weighted by Crippen LogP contribution is 2.27. The van der Waals surface area contributed by atoms with Crippen molar-refractivity contribution in [3.8, 4) is 6.07 Å². The molecule has 122 valence electrons. The van der Waals surface area contributed by atoms with Gasteiger partial charge in [-0.2, -0.15) is 5.26 Å². The van der Waals surface area contributed by atoms with Gasteiger partial charge >= 0.3 is 0 Å². The van der Waals surface area contributed by atoms with Crippen LogP contribution in [0.3, 0.4) is 0 Å². The lowest BCUT2D eigenvalue weighted by Gasteiger charge is -2.11. The van der Waals surface area contributed by atoms with Crippen molar-refractivity contribution >= 4 is 35.0 Å². The molecule has 2 rings (SSSR count). The Kier molecular flexibility index (Phi) is 6.13. The average Bonchev–Trinajstić information content (AvgIpc) is 2.55. The highest BCUT2D eigenvalue weighted by molar-refractivity contribution is 7.98. The van der Waals surface area contributed by atoms with Crippen LogP contribution in [0.15, 0.2) is 46.9 Å². The third-order valence-corrected chi connectivity index (χ3v) is 4.87. The molecule has 2 nitrogen and oxygen atoms in total. The molecule has 24 heavy (non-hydrogen) atoms. The third-order valence-electron chi connectivity index (χ3n) is 3.59. The first-order chi connectivity index (χ1) is 11.4. The van der Waals surface area contributed by atoms with E-state index in [2.05, 4.69) is 6.07 Å². The summed E-state index contributed by atoms with van der Waals surface area (Å²) in [6, 6.07) is 12.6. The van der Waals surface area contributed by atoms with Gasteiger partial charge in [-0.15, -0.1) is 11.8 Å². The summed E-state index contributed by atoms with van der Waals surface area (Å²) in [5.41, 5.74) is 10.2. The van der Waals surface area contributed by atoms with Crippen molar-refractivity contribution in [1.29, 1.82) is 5.26 Å². The summed E-state index contributed by atoms with van der Waals surface area (Å²) in [6.07, 6.45) is 1.73. The van der Waals surface area contributed by atoms with Crippen LogP contribution in [0.1, 0.15) is 22.3 Å². The van der Waals surface area contributed by atoms with Crippen molar-refractivity contribution in [1.82, 2.24) is 0 Å². The van der Waals surface area contributed by atoms with E-state index >= 15 is 0 Å². The molecule has 0 amide bonds. The molecule has 0 aliphatic rings. The van der Waals surface area contributed by atoms with Crippen LogP contribution in [0.5, 0.6) is 0 Å². The number of nitrogens with zero attached hydrogens (tertiary/aromatic N) is 1. The molecule has 0 atom stereocenters. The molecule has 2 aromatic carbocycles. The topological polar surface area (TPSA) is 49.8 Å². The van der Waals surface area contributed by atoms with Gasteiger partial charge in [0.25, 0.3) is 0 Å². The normalized spacial score (nSPS) is 11.2. The van der Waals surface area contributed by atoms with E-state index in [1.165, 1.54) is 12.1 Å². The first kappa shape index (κ1) is 18.2. The molecule has 0 fully saturated rings. The van der Waals surface area contributed by atoms with E-state index in [1.807, 2.05) is 26.0 Å². The average molecular weight is 356 g/mol. The summed E-state index contributed by atoms with van der Waals surface area (Å²) in [4.78, 5) is 1.11. The minimum Gasteiger partial charge on any atom is -0.389 e. The SMILES string of the molecule is Cc1cc(/C=C(\C#N)C(N)=S)c(C)c(CSc2ccc(F)cc2)c1. The second kappa shape index (κ2) is 8.09. The van der Waals surface area contributed by atoms with Gasteiger partial charge in [-0.25, -0.2) is 4.39 Å². The van der Waals surface area contributed by atoms with Crippen LogP contribution in [0, 0.1) is 31.0 Å². The molecule has 0 unspecified atom stereocenters. The van der Waals surface area contributed by atoms with E-state index in [1.54, 1.807) is 30.0 Å². The number of thioether (sulfide) groups is 1. The van der Waals surface area contributed by atoms with Crippen molar-refractivity contribution in [2.24, 2.45) is 5.73 Å². The molecule has 0 saturated heterocycles. The van der Waals surface area contributed by atoms with Crippen LogP contribution in [-0.4, -0.2) is 4.99 Å². The maximum absolute atomic E-state index is 13.0. The second-order valence-corrected chi connectivity index (χ2v) is 6.90. The molecule has 0 spiro atoms. The van der Waals surface area contributed by atoms with Gasteiger partial charge in [-0.1, -0.05) is 29.9 Å². The van der Waals surface area contributed by atoms with Crippen molar-refractivity contribution < 1.29 is 4.39 Å². The lowest BCUT2D eigenvalue weighted by atomic mass is 9.98. The number of halogens is 1. The zero-order valence-electron chi connectivity index (χ0n) is 13.5. The monoisotopic (exact) mass is 356 g/mol. The lowest BCUT2D eigenvalue weighted by molar-refractivity contribution is 0.626. The number of aryl methyl sites for hydroxylation is 1. The van der Waals surface area contributed by atoms with Crippen LogP contribution in [0.4, 0.5) is 4.39 Å². The van der Waals surface area contributed by atoms with Crippen LogP contribution in [-0.2, 0) is 5.75 Å². The zero-order valence-corrected chi connectivity index (χ0v) is 15.1. The number of benzene rings is 2. The molecule has 2 N–H and O–H groups in total. The van der Waals surface area contributed by atoms with E-state index in [9.17, 15) is 4.39 Å². The van der Waals surface area contributed by atoms with E-state index < -0.39 is 0 Å². The summed E-state index contributed by atoms with van der Waals surface area (Å²) >= 11 is 6.54. The number of thiocarbonyl (C=S) groups is 1. The Balaban J connectivity index is 2.30. The Morgan fingerprint density at radius 2 is 1.96 bits per heavy atom. The van der Waals surface area contributed by atoms with Crippen LogP contribution in [0.2, 0.25) is 0 Å². The van der Waals surface area contributed by atoms with Gasteiger partial charge in [0.15, 0.2) is 0 Å². The Morgan fingerprint density at radius 1 is 1.29 bits per heavy atom. The molecule has 0 aromatic heterocycles. The maximum atomic E-state index is 13.0. The van der Waals surface area contributed by atoms with Gasteiger partial charge < -0.3 is 5.73 Å². The number of rotatable bonds is 5. The fraction of sp³-hybridized carbons (Fsp3) is 0.158. The predicted molar refractivity (Wildman–Crippen MR) is 102 cm³/mol. The van der Waals surface area contributed by atoms with E-state index in [-0.39, 0.29) is 10.8 Å². The quantitative estimate of drug-likeness (QED) is 0.357. The molecule has 0 aliphatic heterocycles. The van der Waals surface area contributed by atoms with Crippen molar-refractivity contribution in [3.05, 3.63) is 70.0 Å². The summed E-state index contributed by atoms with van der Waals surface area (Å²) in [6.45, 7) is 4.02. The number of hydrogen-bond donors (Lipinski definition) is 1. The highest BCUT2D eigenvalue weighted by Gasteiger charge is 2.08. The molecule has 5 heteroatoms. The summed E-state index contributed by atoms with van der Waals surface area (Å²) in [5.74, 6) is 0.523. The fourth-order valence-corrected chi connectivity index (χ4v) is 3.32. The van der Waals surface area contributed by atoms with E-state index in [0.717, 1.165) is 32.9 Å². The Bertz CT molecular complexity index is 834. The van der Waals surface area contributed by atoms with Gasteiger partial charge in [-0.3, -0.25) is 0 Å².